The van der Waals surface area contributed by atoms with Crippen LogP contribution in [-0.2, 0) is 28.8 Å². The summed E-state index contributed by atoms with van der Waals surface area (Å²) in [6, 6.07) is 7.00. The molecule has 5 heteroatoms. The molecule has 0 heterocycles. The quantitative estimate of drug-likeness (QED) is 0.177. The lowest BCUT2D eigenvalue weighted by Crippen LogP contribution is -2.40. The van der Waals surface area contributed by atoms with Crippen LogP contribution in [0.1, 0.15) is 190 Å². The molecule has 1 nitrogen and oxygen atoms in total. The molecule has 6 rings (SSSR count). The van der Waals surface area contributed by atoms with Crippen LogP contribution in [0.25, 0.3) is 0 Å². The Morgan fingerprint density at radius 1 is 0.510 bits per heavy atom. The standard InChI is InChI=1S/C46H66F4O/c1-3-5-13-33-15-21-37(22-16-33)45(27-9-7-10-28-45)39-25-19-35(41(47)43(39)49)31-51-32-36-20-26-40(44(50)42(36)48)46(29-11-8-12-30-46)38-23-17-34(18-24-38)14-6-4-2/h19-20,25-26,33-34,37-38H,3-18,21-24,27-32H2,1-2H3. The van der Waals surface area contributed by atoms with Gasteiger partial charge in [0.2, 0.25) is 0 Å². The monoisotopic (exact) mass is 711 g/mol. The molecule has 2 aromatic rings. The summed E-state index contributed by atoms with van der Waals surface area (Å²) >= 11 is 0. The van der Waals surface area contributed by atoms with Gasteiger partial charge in [0.25, 0.3) is 0 Å². The van der Waals surface area contributed by atoms with Gasteiger partial charge in [-0.25, -0.2) is 17.6 Å². The topological polar surface area (TPSA) is 9.23 Å². The molecule has 284 valence electrons. The highest BCUT2D eigenvalue weighted by Gasteiger charge is 2.46. The minimum absolute atomic E-state index is 0.138. The predicted octanol–water partition coefficient (Wildman–Crippen LogP) is 14.4. The second-order valence-corrected chi connectivity index (χ2v) is 17.4. The lowest BCUT2D eigenvalue weighted by atomic mass is 9.57. The van der Waals surface area contributed by atoms with Crippen molar-refractivity contribution in [3.8, 4) is 0 Å². The van der Waals surface area contributed by atoms with Gasteiger partial charge in [0.05, 0.1) is 13.2 Å². The number of unbranched alkanes of at least 4 members (excludes halogenated alkanes) is 2. The van der Waals surface area contributed by atoms with Gasteiger partial charge in [-0.1, -0.05) is 141 Å². The van der Waals surface area contributed by atoms with Gasteiger partial charge in [-0.05, 0) is 86.2 Å². The van der Waals surface area contributed by atoms with Crippen LogP contribution in [0.2, 0.25) is 0 Å². The minimum Gasteiger partial charge on any atom is -0.372 e. The van der Waals surface area contributed by atoms with E-state index in [-0.39, 0.29) is 35.2 Å². The van der Waals surface area contributed by atoms with Crippen LogP contribution in [0.5, 0.6) is 0 Å². The first-order valence-electron chi connectivity index (χ1n) is 21.4. The zero-order chi connectivity index (χ0) is 35.8. The third-order valence-corrected chi connectivity index (χ3v) is 14.6. The average Bonchev–Trinajstić information content (AvgIpc) is 3.17. The van der Waals surface area contributed by atoms with Crippen molar-refractivity contribution >= 4 is 0 Å². The number of hydrogen-bond acceptors (Lipinski definition) is 1. The summed E-state index contributed by atoms with van der Waals surface area (Å²) < 4.78 is 69.6. The van der Waals surface area contributed by atoms with E-state index in [1.807, 2.05) is 12.1 Å². The van der Waals surface area contributed by atoms with Gasteiger partial charge in [0, 0.05) is 22.0 Å². The van der Waals surface area contributed by atoms with Crippen molar-refractivity contribution in [2.75, 3.05) is 0 Å². The summed E-state index contributed by atoms with van der Waals surface area (Å²) in [5, 5.41) is 0. The Morgan fingerprint density at radius 3 is 1.24 bits per heavy atom. The molecule has 0 N–H and O–H groups in total. The van der Waals surface area contributed by atoms with E-state index >= 15 is 17.6 Å². The van der Waals surface area contributed by atoms with Crippen molar-refractivity contribution in [3.05, 3.63) is 69.8 Å². The van der Waals surface area contributed by atoms with Crippen LogP contribution in [0.3, 0.4) is 0 Å². The predicted molar refractivity (Wildman–Crippen MR) is 201 cm³/mol. The van der Waals surface area contributed by atoms with Gasteiger partial charge in [0.1, 0.15) is 0 Å². The molecule has 0 saturated heterocycles. The lowest BCUT2D eigenvalue weighted by Gasteiger charge is -2.47. The maximum absolute atomic E-state index is 16.1. The molecular weight excluding hydrogens is 644 g/mol. The Hall–Kier alpha value is -1.88. The molecule has 0 aliphatic heterocycles. The third kappa shape index (κ3) is 8.44. The number of hydrogen-bond donors (Lipinski definition) is 0. The van der Waals surface area contributed by atoms with Crippen molar-refractivity contribution in [2.24, 2.45) is 23.7 Å². The van der Waals surface area contributed by atoms with Gasteiger partial charge in [-0.2, -0.15) is 0 Å². The molecule has 0 aromatic heterocycles. The molecule has 4 aliphatic carbocycles. The maximum Gasteiger partial charge on any atom is 0.164 e. The summed E-state index contributed by atoms with van der Waals surface area (Å²) in [6.07, 6.45) is 27.0. The van der Waals surface area contributed by atoms with Crippen molar-refractivity contribution < 1.29 is 22.3 Å². The first kappa shape index (κ1) is 38.8. The molecule has 4 saturated carbocycles. The molecule has 4 aliphatic rings. The highest BCUT2D eigenvalue weighted by molar-refractivity contribution is 5.35. The average molecular weight is 711 g/mol. The van der Waals surface area contributed by atoms with E-state index < -0.39 is 23.3 Å². The Balaban J connectivity index is 1.13. The SMILES string of the molecule is CCCCC1CCC(C2(c3ccc(COCc4ccc(C5(C6CCC(CCCC)CC6)CCCCC5)c(F)c4F)c(F)c3F)CCCCC2)CC1. The van der Waals surface area contributed by atoms with Crippen molar-refractivity contribution in [2.45, 2.75) is 192 Å². The van der Waals surface area contributed by atoms with Crippen LogP contribution in [0.15, 0.2) is 24.3 Å². The first-order chi connectivity index (χ1) is 24.8. The highest BCUT2D eigenvalue weighted by atomic mass is 19.2. The van der Waals surface area contributed by atoms with Crippen LogP contribution in [-0.4, -0.2) is 0 Å². The fraction of sp³-hybridized carbons (Fsp3) is 0.739. The molecule has 0 spiro atoms. The second-order valence-electron chi connectivity index (χ2n) is 17.4. The molecule has 0 bridgehead atoms. The minimum atomic E-state index is -0.847. The zero-order valence-electron chi connectivity index (χ0n) is 31.9. The number of ether oxygens (including phenoxy) is 1. The normalized spacial score (nSPS) is 26.6. The lowest BCUT2D eigenvalue weighted by molar-refractivity contribution is 0.0995. The van der Waals surface area contributed by atoms with E-state index in [0.717, 1.165) is 102 Å². The Kier molecular flexibility index (Phi) is 13.7. The van der Waals surface area contributed by atoms with Crippen LogP contribution in [0.4, 0.5) is 17.6 Å². The Morgan fingerprint density at radius 2 is 0.882 bits per heavy atom. The molecule has 51 heavy (non-hydrogen) atoms. The summed E-state index contributed by atoms with van der Waals surface area (Å²) in [5.41, 5.74) is 0.776. The van der Waals surface area contributed by atoms with Crippen LogP contribution in [0, 0.1) is 46.9 Å². The van der Waals surface area contributed by atoms with E-state index in [1.165, 1.54) is 64.2 Å². The molecule has 0 atom stereocenters. The van der Waals surface area contributed by atoms with Crippen LogP contribution >= 0.6 is 0 Å². The fourth-order valence-corrected chi connectivity index (χ4v) is 11.6. The molecule has 0 unspecified atom stereocenters. The van der Waals surface area contributed by atoms with Gasteiger partial charge in [-0.3, -0.25) is 0 Å². The van der Waals surface area contributed by atoms with Crippen LogP contribution < -0.4 is 0 Å². The van der Waals surface area contributed by atoms with Crippen molar-refractivity contribution in [3.63, 3.8) is 0 Å². The molecule has 0 amide bonds. The number of rotatable bonds is 14. The molecule has 4 fully saturated rings. The third-order valence-electron chi connectivity index (χ3n) is 14.6. The zero-order valence-corrected chi connectivity index (χ0v) is 31.9. The summed E-state index contributed by atoms with van der Waals surface area (Å²) in [6.45, 7) is 4.12. The summed E-state index contributed by atoms with van der Waals surface area (Å²) in [7, 11) is 0. The fourth-order valence-electron chi connectivity index (χ4n) is 11.6. The Bertz CT molecular complexity index is 1280. The van der Waals surface area contributed by atoms with Crippen molar-refractivity contribution in [1.82, 2.24) is 0 Å². The van der Waals surface area contributed by atoms with Crippen molar-refractivity contribution in [1.29, 1.82) is 0 Å². The van der Waals surface area contributed by atoms with E-state index in [1.54, 1.807) is 12.1 Å². The second kappa shape index (κ2) is 18.0. The summed E-state index contributed by atoms with van der Waals surface area (Å²) in [4.78, 5) is 0. The molecule has 0 radical (unpaired) electrons. The smallest absolute Gasteiger partial charge is 0.164 e. The first-order valence-corrected chi connectivity index (χ1v) is 21.4. The Labute approximate surface area is 307 Å². The van der Waals surface area contributed by atoms with E-state index in [2.05, 4.69) is 13.8 Å². The van der Waals surface area contributed by atoms with E-state index in [9.17, 15) is 0 Å². The number of benzene rings is 2. The summed E-state index contributed by atoms with van der Waals surface area (Å²) in [5.74, 6) is -0.840. The highest BCUT2D eigenvalue weighted by Crippen LogP contribution is 2.54. The maximum atomic E-state index is 16.1. The molecular formula is C46H66F4O. The van der Waals surface area contributed by atoms with E-state index in [4.69, 9.17) is 4.74 Å². The number of halogens is 4. The van der Waals surface area contributed by atoms with Gasteiger partial charge in [-0.15, -0.1) is 0 Å². The van der Waals surface area contributed by atoms with Gasteiger partial charge >= 0.3 is 0 Å². The van der Waals surface area contributed by atoms with Gasteiger partial charge < -0.3 is 4.74 Å². The van der Waals surface area contributed by atoms with Gasteiger partial charge in [0.15, 0.2) is 23.3 Å². The van der Waals surface area contributed by atoms with E-state index in [0.29, 0.717) is 23.0 Å². The largest absolute Gasteiger partial charge is 0.372 e. The molecule has 2 aromatic carbocycles.